The van der Waals surface area contributed by atoms with Gasteiger partial charge in [0.2, 0.25) is 0 Å². The molecule has 17 heavy (non-hydrogen) atoms. The highest BCUT2D eigenvalue weighted by Gasteiger charge is 2.31. The summed E-state index contributed by atoms with van der Waals surface area (Å²) in [7, 11) is -4.64. The van der Waals surface area contributed by atoms with Gasteiger partial charge in [0, 0.05) is 12.5 Å². The van der Waals surface area contributed by atoms with Gasteiger partial charge in [-0.2, -0.15) is 0 Å². The molecule has 1 rings (SSSR count). The molecular formula is C9H13O7P. The third-order valence-corrected chi connectivity index (χ3v) is 1.67. The largest absolute Gasteiger partial charge is 0.466 e. The Hall–Kier alpha value is -1.08. The summed E-state index contributed by atoms with van der Waals surface area (Å²) in [5.41, 5.74) is 0.192. The Kier molecular flexibility index (Phi) is 5.63. The van der Waals surface area contributed by atoms with Crippen LogP contribution in [-0.2, 0) is 15.1 Å². The van der Waals surface area contributed by atoms with Gasteiger partial charge in [-0.3, -0.25) is 4.79 Å². The highest BCUT2D eigenvalue weighted by atomic mass is 31.2. The highest BCUT2D eigenvalue weighted by molar-refractivity contribution is 7.45. The molecule has 0 unspecified atom stereocenters. The molecule has 1 aromatic carbocycles. The van der Waals surface area contributed by atoms with E-state index in [1.807, 2.05) is 0 Å². The number of ketones is 1. The summed E-state index contributed by atoms with van der Waals surface area (Å²) in [5, 5.41) is 18.5. The second-order valence-corrected chi connectivity index (χ2v) is 4.13. The minimum Gasteiger partial charge on any atom is -0.356 e. The molecule has 0 amide bonds. The Morgan fingerprint density at radius 1 is 1.12 bits per heavy atom. The highest BCUT2D eigenvalue weighted by Crippen LogP contribution is 2.25. The molecule has 0 atom stereocenters. The fraction of sp³-hybridized carbons (Fsp3) is 0.222. The molecular weight excluding hydrogens is 251 g/mol. The molecule has 0 aliphatic heterocycles. The van der Waals surface area contributed by atoms with E-state index < -0.39 is 19.4 Å². The first-order valence-corrected chi connectivity index (χ1v) is 5.91. The van der Waals surface area contributed by atoms with Crippen molar-refractivity contribution in [2.75, 3.05) is 0 Å². The number of phosphoric acid groups is 1. The minimum absolute atomic E-state index is 0.192. The molecule has 8 heteroatoms. The van der Waals surface area contributed by atoms with Crippen LogP contribution in [0.15, 0.2) is 30.3 Å². The molecule has 0 aliphatic carbocycles. The molecule has 0 aromatic heterocycles. The van der Waals surface area contributed by atoms with Crippen molar-refractivity contribution in [1.29, 1.82) is 0 Å². The zero-order chi connectivity index (χ0) is 13.7. The van der Waals surface area contributed by atoms with Gasteiger partial charge in [0.1, 0.15) is 0 Å². The lowest BCUT2D eigenvalue weighted by molar-refractivity contribution is -0.184. The Labute approximate surface area is 97.2 Å². The van der Waals surface area contributed by atoms with Gasteiger partial charge < -0.3 is 24.9 Å². The third-order valence-electron chi connectivity index (χ3n) is 1.67. The standard InChI is InChI=1S/C9H10O3.H3O4P/c1-7(10)9(11,12)8-5-3-2-4-6-8;1-5(2,3)4/h2-6,11-12H,1H3;(H3,1,2,3,4). The lowest BCUT2D eigenvalue weighted by Gasteiger charge is -2.17. The Bertz CT molecular complexity index is 400. The average Bonchev–Trinajstić information content (AvgIpc) is 2.16. The average molecular weight is 264 g/mol. The number of hydrogen-bond acceptors (Lipinski definition) is 4. The van der Waals surface area contributed by atoms with Gasteiger partial charge in [0.05, 0.1) is 0 Å². The van der Waals surface area contributed by atoms with Crippen LogP contribution in [0.5, 0.6) is 0 Å². The van der Waals surface area contributed by atoms with Crippen LogP contribution >= 0.6 is 7.82 Å². The smallest absolute Gasteiger partial charge is 0.356 e. The molecule has 0 spiro atoms. The number of carbonyl (C=O) groups excluding carboxylic acids is 1. The van der Waals surface area contributed by atoms with E-state index in [1.165, 1.54) is 12.1 Å². The maximum absolute atomic E-state index is 10.8. The van der Waals surface area contributed by atoms with Crippen molar-refractivity contribution in [3.63, 3.8) is 0 Å². The molecule has 0 aliphatic rings. The summed E-state index contributed by atoms with van der Waals surface area (Å²) in [4.78, 5) is 32.3. The summed E-state index contributed by atoms with van der Waals surface area (Å²) in [5.74, 6) is -3.03. The van der Waals surface area contributed by atoms with Gasteiger partial charge in [0.15, 0.2) is 5.78 Å². The second kappa shape index (κ2) is 6.02. The summed E-state index contributed by atoms with van der Waals surface area (Å²) in [6.45, 7) is 1.13. The van der Waals surface area contributed by atoms with Crippen molar-refractivity contribution in [3.8, 4) is 0 Å². The minimum atomic E-state index is -4.64. The number of benzene rings is 1. The predicted octanol–water partition coefficient (Wildman–Crippen LogP) is -0.516. The van der Waals surface area contributed by atoms with E-state index >= 15 is 0 Å². The fourth-order valence-electron chi connectivity index (χ4n) is 0.874. The van der Waals surface area contributed by atoms with E-state index in [-0.39, 0.29) is 5.56 Å². The van der Waals surface area contributed by atoms with Crippen LogP contribution in [0.1, 0.15) is 12.5 Å². The maximum atomic E-state index is 10.8. The Morgan fingerprint density at radius 2 is 1.47 bits per heavy atom. The van der Waals surface area contributed by atoms with Gasteiger partial charge >= 0.3 is 7.82 Å². The van der Waals surface area contributed by atoms with Crippen molar-refractivity contribution < 1.29 is 34.3 Å². The van der Waals surface area contributed by atoms with E-state index in [9.17, 15) is 15.0 Å². The van der Waals surface area contributed by atoms with Gasteiger partial charge in [-0.25, -0.2) is 4.57 Å². The molecule has 0 saturated carbocycles. The molecule has 0 fully saturated rings. The van der Waals surface area contributed by atoms with Crippen molar-refractivity contribution in [1.82, 2.24) is 0 Å². The molecule has 0 heterocycles. The quantitative estimate of drug-likeness (QED) is 0.358. The molecule has 96 valence electrons. The topological polar surface area (TPSA) is 135 Å². The van der Waals surface area contributed by atoms with Crippen LogP contribution in [0.25, 0.3) is 0 Å². The second-order valence-electron chi connectivity index (χ2n) is 3.11. The van der Waals surface area contributed by atoms with E-state index in [2.05, 4.69) is 0 Å². The van der Waals surface area contributed by atoms with Gasteiger partial charge in [-0.15, -0.1) is 0 Å². The number of aliphatic hydroxyl groups is 2. The summed E-state index contributed by atoms with van der Waals surface area (Å²) < 4.78 is 8.88. The normalized spacial score (nSPS) is 11.4. The van der Waals surface area contributed by atoms with Crippen molar-refractivity contribution >= 4 is 13.6 Å². The van der Waals surface area contributed by atoms with Crippen LogP contribution in [0.3, 0.4) is 0 Å². The van der Waals surface area contributed by atoms with Crippen LogP contribution in [0.4, 0.5) is 0 Å². The monoisotopic (exact) mass is 264 g/mol. The predicted molar refractivity (Wildman–Crippen MR) is 57.5 cm³/mol. The van der Waals surface area contributed by atoms with Gasteiger partial charge in [-0.1, -0.05) is 30.3 Å². The van der Waals surface area contributed by atoms with Crippen LogP contribution in [0, 0.1) is 0 Å². The van der Waals surface area contributed by atoms with Crippen LogP contribution in [0.2, 0.25) is 0 Å². The third kappa shape index (κ3) is 6.96. The molecule has 0 radical (unpaired) electrons. The number of rotatable bonds is 2. The first-order chi connectivity index (χ1) is 7.55. The first kappa shape index (κ1) is 15.9. The molecule has 0 bridgehead atoms. The van der Waals surface area contributed by atoms with E-state index in [4.69, 9.17) is 19.2 Å². The zero-order valence-corrected chi connectivity index (χ0v) is 9.78. The Balaban J connectivity index is 0.000000437. The SMILES string of the molecule is CC(=O)C(O)(O)c1ccccc1.O=P(O)(O)O. The summed E-state index contributed by atoms with van der Waals surface area (Å²) in [6, 6.07) is 7.99. The molecule has 5 N–H and O–H groups in total. The van der Waals surface area contributed by atoms with Crippen molar-refractivity contribution in [2.45, 2.75) is 12.7 Å². The van der Waals surface area contributed by atoms with Crippen LogP contribution < -0.4 is 0 Å². The van der Waals surface area contributed by atoms with Gasteiger partial charge in [0.25, 0.3) is 5.79 Å². The van der Waals surface area contributed by atoms with E-state index in [1.54, 1.807) is 18.2 Å². The van der Waals surface area contributed by atoms with E-state index in [0.717, 1.165) is 6.92 Å². The van der Waals surface area contributed by atoms with Gasteiger partial charge in [-0.05, 0) is 0 Å². The molecule has 7 nitrogen and oxygen atoms in total. The molecule has 1 aromatic rings. The zero-order valence-electron chi connectivity index (χ0n) is 8.89. The number of carbonyl (C=O) groups is 1. The van der Waals surface area contributed by atoms with Crippen molar-refractivity contribution in [3.05, 3.63) is 35.9 Å². The molecule has 0 saturated heterocycles. The maximum Gasteiger partial charge on any atom is 0.466 e. The van der Waals surface area contributed by atoms with Crippen molar-refractivity contribution in [2.24, 2.45) is 0 Å². The van der Waals surface area contributed by atoms with Crippen LogP contribution in [-0.4, -0.2) is 30.7 Å². The lowest BCUT2D eigenvalue weighted by atomic mass is 10.0. The number of hydrogen-bond donors (Lipinski definition) is 5. The summed E-state index contributed by atoms with van der Waals surface area (Å²) in [6.07, 6.45) is 0. The first-order valence-electron chi connectivity index (χ1n) is 4.34. The van der Waals surface area contributed by atoms with E-state index in [0.29, 0.717) is 0 Å². The lowest BCUT2D eigenvalue weighted by Crippen LogP contribution is -2.33. The number of Topliss-reactive ketones (excluding diaryl/α,β-unsaturated/α-hetero) is 1. The fourth-order valence-corrected chi connectivity index (χ4v) is 0.874. The Morgan fingerprint density at radius 3 is 1.76 bits per heavy atom. The summed E-state index contributed by atoms with van der Waals surface area (Å²) >= 11 is 0.